The lowest BCUT2D eigenvalue weighted by Crippen LogP contribution is -2.34. The molecular formula is C16H18N4O2S. The Morgan fingerprint density at radius 1 is 1.22 bits per heavy atom. The predicted molar refractivity (Wildman–Crippen MR) is 93.2 cm³/mol. The van der Waals surface area contributed by atoms with E-state index in [9.17, 15) is 9.59 Å². The van der Waals surface area contributed by atoms with Gasteiger partial charge in [0.15, 0.2) is 0 Å². The molecule has 2 aromatic rings. The summed E-state index contributed by atoms with van der Waals surface area (Å²) in [5.41, 5.74) is 4.34. The van der Waals surface area contributed by atoms with Crippen molar-refractivity contribution in [3.05, 3.63) is 52.2 Å². The van der Waals surface area contributed by atoms with Crippen LogP contribution in [0.15, 0.2) is 46.9 Å². The molecular weight excluding hydrogens is 312 g/mol. The fourth-order valence-electron chi connectivity index (χ4n) is 1.73. The lowest BCUT2D eigenvalue weighted by Gasteiger charge is -2.11. The van der Waals surface area contributed by atoms with Crippen molar-refractivity contribution >= 4 is 35.1 Å². The van der Waals surface area contributed by atoms with Gasteiger partial charge in [0.25, 0.3) is 11.8 Å². The molecule has 2 amide bonds. The van der Waals surface area contributed by atoms with Gasteiger partial charge < -0.3 is 10.2 Å². The van der Waals surface area contributed by atoms with Crippen LogP contribution < -0.4 is 15.6 Å². The number of rotatable bonds is 6. The van der Waals surface area contributed by atoms with E-state index in [4.69, 9.17) is 0 Å². The van der Waals surface area contributed by atoms with Gasteiger partial charge in [-0.25, -0.2) is 5.43 Å². The second-order valence-electron chi connectivity index (χ2n) is 4.94. The smallest absolute Gasteiger partial charge is 0.261 e. The Morgan fingerprint density at radius 3 is 2.57 bits per heavy atom. The summed E-state index contributed by atoms with van der Waals surface area (Å²) in [5, 5.41) is 8.21. The SMILES string of the molecule is CN(C)c1ccc(C=NNC(=O)CNC(=O)c2cccs2)cc1. The minimum atomic E-state index is -0.379. The summed E-state index contributed by atoms with van der Waals surface area (Å²) < 4.78 is 0. The van der Waals surface area contributed by atoms with Crippen molar-refractivity contribution in [1.82, 2.24) is 10.7 Å². The number of thiophene rings is 1. The molecule has 7 heteroatoms. The Hall–Kier alpha value is -2.67. The highest BCUT2D eigenvalue weighted by Crippen LogP contribution is 2.10. The van der Waals surface area contributed by atoms with E-state index in [0.717, 1.165) is 11.3 Å². The minimum absolute atomic E-state index is 0.117. The van der Waals surface area contributed by atoms with Crippen LogP contribution >= 0.6 is 11.3 Å². The van der Waals surface area contributed by atoms with Gasteiger partial charge in [-0.1, -0.05) is 18.2 Å². The van der Waals surface area contributed by atoms with Gasteiger partial charge in [-0.3, -0.25) is 9.59 Å². The summed E-state index contributed by atoms with van der Waals surface area (Å²) in [7, 11) is 3.93. The number of hydrazone groups is 1. The first-order chi connectivity index (χ1) is 11.1. The highest BCUT2D eigenvalue weighted by Gasteiger charge is 2.07. The average Bonchev–Trinajstić information content (AvgIpc) is 3.07. The maximum absolute atomic E-state index is 11.7. The molecule has 0 atom stereocenters. The Morgan fingerprint density at radius 2 is 1.96 bits per heavy atom. The number of nitrogens with zero attached hydrogens (tertiary/aromatic N) is 2. The Bertz CT molecular complexity index is 679. The van der Waals surface area contributed by atoms with Crippen molar-refractivity contribution in [2.45, 2.75) is 0 Å². The molecule has 1 aromatic heterocycles. The summed E-state index contributed by atoms with van der Waals surface area (Å²) in [5.74, 6) is -0.644. The number of carbonyl (C=O) groups excluding carboxylic acids is 2. The van der Waals surface area contributed by atoms with E-state index < -0.39 is 0 Å². The molecule has 0 saturated carbocycles. The molecule has 0 aliphatic carbocycles. The fraction of sp³-hybridized carbons (Fsp3) is 0.188. The summed E-state index contributed by atoms with van der Waals surface area (Å²) in [4.78, 5) is 25.8. The maximum Gasteiger partial charge on any atom is 0.261 e. The molecule has 0 saturated heterocycles. The Balaban J connectivity index is 1.76. The van der Waals surface area contributed by atoms with Gasteiger partial charge in [-0.05, 0) is 29.1 Å². The van der Waals surface area contributed by atoms with Gasteiger partial charge in [0.05, 0.1) is 17.6 Å². The van der Waals surface area contributed by atoms with Crippen LogP contribution in [0, 0.1) is 0 Å². The summed E-state index contributed by atoms with van der Waals surface area (Å²) in [6.45, 7) is -0.117. The van der Waals surface area contributed by atoms with Gasteiger partial charge in [0.2, 0.25) is 0 Å². The van der Waals surface area contributed by atoms with Crippen molar-refractivity contribution in [2.75, 3.05) is 25.5 Å². The highest BCUT2D eigenvalue weighted by atomic mass is 32.1. The zero-order chi connectivity index (χ0) is 16.7. The van der Waals surface area contributed by atoms with Gasteiger partial charge in [-0.15, -0.1) is 11.3 Å². The van der Waals surface area contributed by atoms with Crippen LogP contribution in [0.1, 0.15) is 15.2 Å². The standard InChI is InChI=1S/C16H18N4O2S/c1-20(2)13-7-5-12(6-8-13)10-18-19-15(21)11-17-16(22)14-4-3-9-23-14/h3-10H,11H2,1-2H3,(H,17,22)(H,19,21). The van der Waals surface area contributed by atoms with Crippen molar-refractivity contribution in [2.24, 2.45) is 5.10 Å². The zero-order valence-corrected chi connectivity index (χ0v) is 13.8. The fourth-order valence-corrected chi connectivity index (χ4v) is 2.37. The van der Waals surface area contributed by atoms with Crippen LogP contribution in [-0.2, 0) is 4.79 Å². The normalized spacial score (nSPS) is 10.5. The number of benzene rings is 1. The maximum atomic E-state index is 11.7. The predicted octanol–water partition coefficient (Wildman–Crippen LogP) is 1.69. The molecule has 0 bridgehead atoms. The first kappa shape index (κ1) is 16.7. The van der Waals surface area contributed by atoms with Crippen LogP contribution in [0.25, 0.3) is 0 Å². The van der Waals surface area contributed by atoms with Gasteiger partial charge in [0, 0.05) is 19.8 Å². The van der Waals surface area contributed by atoms with Crippen molar-refractivity contribution in [1.29, 1.82) is 0 Å². The molecule has 1 heterocycles. The van der Waals surface area contributed by atoms with Crippen molar-refractivity contribution in [3.8, 4) is 0 Å². The van der Waals surface area contributed by atoms with Crippen molar-refractivity contribution in [3.63, 3.8) is 0 Å². The number of amides is 2. The number of anilines is 1. The topological polar surface area (TPSA) is 73.8 Å². The Kier molecular flexibility index (Phi) is 5.87. The highest BCUT2D eigenvalue weighted by molar-refractivity contribution is 7.12. The van der Waals surface area contributed by atoms with Gasteiger partial charge >= 0.3 is 0 Å². The molecule has 0 unspecified atom stereocenters. The second kappa shape index (κ2) is 8.09. The quantitative estimate of drug-likeness (QED) is 0.625. The third kappa shape index (κ3) is 5.23. The van der Waals surface area contributed by atoms with Crippen LogP contribution in [0.3, 0.4) is 0 Å². The number of carbonyl (C=O) groups is 2. The monoisotopic (exact) mass is 330 g/mol. The number of hydrogen-bond donors (Lipinski definition) is 2. The molecule has 1 aromatic carbocycles. The van der Waals surface area contributed by atoms with Crippen LogP contribution in [0.4, 0.5) is 5.69 Å². The van der Waals surface area contributed by atoms with E-state index >= 15 is 0 Å². The van der Waals surface area contributed by atoms with E-state index in [1.165, 1.54) is 11.3 Å². The summed E-state index contributed by atoms with van der Waals surface area (Å²) in [6.07, 6.45) is 1.55. The molecule has 6 nitrogen and oxygen atoms in total. The van der Waals surface area contributed by atoms with Crippen LogP contribution in [0.5, 0.6) is 0 Å². The van der Waals surface area contributed by atoms with Crippen molar-refractivity contribution < 1.29 is 9.59 Å². The van der Waals surface area contributed by atoms with Crippen LogP contribution in [-0.4, -0.2) is 38.7 Å². The molecule has 0 spiro atoms. The molecule has 0 aliphatic heterocycles. The Labute approximate surface area is 138 Å². The summed E-state index contributed by atoms with van der Waals surface area (Å²) in [6, 6.07) is 11.2. The molecule has 0 aliphatic rings. The molecule has 2 N–H and O–H groups in total. The van der Waals surface area contributed by atoms with E-state index in [2.05, 4.69) is 15.8 Å². The third-order valence-electron chi connectivity index (χ3n) is 2.97. The first-order valence-electron chi connectivity index (χ1n) is 6.97. The molecule has 23 heavy (non-hydrogen) atoms. The minimum Gasteiger partial charge on any atom is -0.378 e. The zero-order valence-electron chi connectivity index (χ0n) is 12.9. The van der Waals surface area contributed by atoms with Gasteiger partial charge in [0.1, 0.15) is 0 Å². The molecule has 0 radical (unpaired) electrons. The molecule has 120 valence electrons. The third-order valence-corrected chi connectivity index (χ3v) is 3.84. The first-order valence-corrected chi connectivity index (χ1v) is 7.85. The van der Waals surface area contributed by atoms with E-state index in [0.29, 0.717) is 4.88 Å². The van der Waals surface area contributed by atoms with Gasteiger partial charge in [-0.2, -0.15) is 5.10 Å². The van der Waals surface area contributed by atoms with E-state index in [-0.39, 0.29) is 18.4 Å². The van der Waals surface area contributed by atoms with E-state index in [1.807, 2.05) is 43.3 Å². The largest absolute Gasteiger partial charge is 0.378 e. The average molecular weight is 330 g/mol. The second-order valence-corrected chi connectivity index (χ2v) is 5.89. The lowest BCUT2D eigenvalue weighted by atomic mass is 10.2. The van der Waals surface area contributed by atoms with Crippen LogP contribution in [0.2, 0.25) is 0 Å². The molecule has 0 fully saturated rings. The summed E-state index contributed by atoms with van der Waals surface area (Å²) >= 11 is 1.32. The molecule has 2 rings (SSSR count). The van der Waals surface area contributed by atoms with E-state index in [1.54, 1.807) is 23.7 Å². The number of nitrogens with one attached hydrogen (secondary N) is 2. The number of hydrogen-bond acceptors (Lipinski definition) is 5. The lowest BCUT2D eigenvalue weighted by molar-refractivity contribution is -0.120.